The standard InChI is InChI=1S/C15H13NO4/c17-16(18)9-13(11-4-2-1-3-5-11)12-6-7-14-15(8-12)20-10-19-14/h1-8,13H,9-10H2/t13-/m1/s1. The molecule has 0 bridgehead atoms. The largest absolute Gasteiger partial charge is 0.454 e. The van der Waals surface area contributed by atoms with E-state index < -0.39 is 0 Å². The molecule has 0 aliphatic carbocycles. The second kappa shape index (κ2) is 5.21. The number of ether oxygens (including phenoxy) is 2. The molecule has 0 radical (unpaired) electrons. The lowest BCUT2D eigenvalue weighted by atomic mass is 9.91. The van der Waals surface area contributed by atoms with E-state index in [0.717, 1.165) is 11.1 Å². The SMILES string of the molecule is O=[N+]([O-])C[C@H](c1ccccc1)c1ccc2c(c1)OCO2. The Morgan fingerprint density at radius 2 is 1.80 bits per heavy atom. The molecule has 5 nitrogen and oxygen atoms in total. The third-order valence-electron chi connectivity index (χ3n) is 3.33. The van der Waals surface area contributed by atoms with Gasteiger partial charge in [0, 0.05) is 4.92 Å². The van der Waals surface area contributed by atoms with Gasteiger partial charge in [0.05, 0.1) is 5.92 Å². The Balaban J connectivity index is 1.99. The highest BCUT2D eigenvalue weighted by Gasteiger charge is 2.23. The first-order valence-electron chi connectivity index (χ1n) is 6.30. The van der Waals surface area contributed by atoms with Crippen LogP contribution in [-0.2, 0) is 0 Å². The minimum atomic E-state index is -0.291. The summed E-state index contributed by atoms with van der Waals surface area (Å²) < 4.78 is 10.6. The maximum absolute atomic E-state index is 10.9. The quantitative estimate of drug-likeness (QED) is 0.633. The Morgan fingerprint density at radius 3 is 2.55 bits per heavy atom. The Labute approximate surface area is 115 Å². The molecule has 2 aromatic carbocycles. The maximum atomic E-state index is 10.9. The van der Waals surface area contributed by atoms with E-state index in [9.17, 15) is 10.1 Å². The van der Waals surface area contributed by atoms with Crippen LogP contribution < -0.4 is 9.47 Å². The Kier molecular flexibility index (Phi) is 3.25. The topological polar surface area (TPSA) is 61.6 Å². The lowest BCUT2D eigenvalue weighted by Crippen LogP contribution is -2.13. The summed E-state index contributed by atoms with van der Waals surface area (Å²) in [6.07, 6.45) is 0. The van der Waals surface area contributed by atoms with Crippen molar-refractivity contribution in [1.82, 2.24) is 0 Å². The van der Waals surface area contributed by atoms with Crippen molar-refractivity contribution in [2.45, 2.75) is 5.92 Å². The summed E-state index contributed by atoms with van der Waals surface area (Å²) in [6, 6.07) is 14.9. The highest BCUT2D eigenvalue weighted by molar-refractivity contribution is 5.47. The zero-order valence-corrected chi connectivity index (χ0v) is 10.7. The van der Waals surface area contributed by atoms with E-state index in [4.69, 9.17) is 9.47 Å². The molecular formula is C15H13NO4. The van der Waals surface area contributed by atoms with Gasteiger partial charge in [0.1, 0.15) is 0 Å². The molecule has 102 valence electrons. The normalized spacial score (nSPS) is 14.0. The average molecular weight is 271 g/mol. The fourth-order valence-corrected chi connectivity index (χ4v) is 2.37. The van der Waals surface area contributed by atoms with Gasteiger partial charge < -0.3 is 9.47 Å². The average Bonchev–Trinajstić information content (AvgIpc) is 2.93. The van der Waals surface area contributed by atoms with Crippen molar-refractivity contribution in [2.75, 3.05) is 13.3 Å². The molecule has 0 aromatic heterocycles. The van der Waals surface area contributed by atoms with Crippen LogP contribution >= 0.6 is 0 Å². The molecule has 0 unspecified atom stereocenters. The lowest BCUT2D eigenvalue weighted by Gasteiger charge is -2.14. The third kappa shape index (κ3) is 2.42. The molecule has 0 N–H and O–H groups in total. The number of hydrogen-bond acceptors (Lipinski definition) is 4. The van der Waals surface area contributed by atoms with Gasteiger partial charge in [0.25, 0.3) is 0 Å². The molecule has 0 spiro atoms. The zero-order valence-electron chi connectivity index (χ0n) is 10.7. The van der Waals surface area contributed by atoms with Gasteiger partial charge in [-0.15, -0.1) is 0 Å². The van der Waals surface area contributed by atoms with Crippen LogP contribution in [0.2, 0.25) is 0 Å². The Hall–Kier alpha value is -2.56. The second-order valence-corrected chi connectivity index (χ2v) is 4.59. The van der Waals surface area contributed by atoms with E-state index in [1.165, 1.54) is 0 Å². The molecule has 0 fully saturated rings. The fourth-order valence-electron chi connectivity index (χ4n) is 2.37. The van der Waals surface area contributed by atoms with Crippen molar-refractivity contribution in [3.8, 4) is 11.5 Å². The molecular weight excluding hydrogens is 258 g/mol. The molecule has 0 saturated heterocycles. The molecule has 5 heteroatoms. The van der Waals surface area contributed by atoms with E-state index in [0.29, 0.717) is 11.5 Å². The van der Waals surface area contributed by atoms with Gasteiger partial charge in [-0.05, 0) is 23.3 Å². The summed E-state index contributed by atoms with van der Waals surface area (Å²) in [7, 11) is 0. The number of rotatable bonds is 4. The van der Waals surface area contributed by atoms with Crippen LogP contribution in [-0.4, -0.2) is 18.3 Å². The van der Waals surface area contributed by atoms with E-state index in [-0.39, 0.29) is 24.2 Å². The molecule has 1 aliphatic rings. The van der Waals surface area contributed by atoms with Crippen LogP contribution in [0.5, 0.6) is 11.5 Å². The van der Waals surface area contributed by atoms with Crippen molar-refractivity contribution in [3.63, 3.8) is 0 Å². The van der Waals surface area contributed by atoms with E-state index in [1.807, 2.05) is 42.5 Å². The summed E-state index contributed by atoms with van der Waals surface area (Å²) >= 11 is 0. The number of hydrogen-bond donors (Lipinski definition) is 0. The van der Waals surface area contributed by atoms with Crippen molar-refractivity contribution in [1.29, 1.82) is 0 Å². The second-order valence-electron chi connectivity index (χ2n) is 4.59. The van der Waals surface area contributed by atoms with Crippen LogP contribution in [0.3, 0.4) is 0 Å². The number of nitro groups is 1. The molecule has 0 amide bonds. The number of benzene rings is 2. The van der Waals surface area contributed by atoms with E-state index >= 15 is 0 Å². The van der Waals surface area contributed by atoms with Crippen molar-refractivity contribution in [3.05, 3.63) is 69.8 Å². The molecule has 1 aliphatic heterocycles. The van der Waals surface area contributed by atoms with Gasteiger partial charge in [-0.25, -0.2) is 0 Å². The first kappa shape index (κ1) is 12.5. The van der Waals surface area contributed by atoms with Gasteiger partial charge >= 0.3 is 0 Å². The molecule has 20 heavy (non-hydrogen) atoms. The summed E-state index contributed by atoms with van der Waals surface area (Å²) in [5.74, 6) is 1.04. The molecule has 1 heterocycles. The van der Waals surface area contributed by atoms with Crippen LogP contribution in [0, 0.1) is 10.1 Å². The molecule has 0 saturated carbocycles. The number of fused-ring (bicyclic) bond motifs is 1. The Bertz CT molecular complexity index is 627. The summed E-state index contributed by atoms with van der Waals surface area (Å²) in [5.41, 5.74) is 1.78. The predicted molar refractivity (Wildman–Crippen MR) is 72.7 cm³/mol. The van der Waals surface area contributed by atoms with Gasteiger partial charge in [-0.2, -0.15) is 0 Å². The van der Waals surface area contributed by atoms with Gasteiger partial charge in [0.2, 0.25) is 13.3 Å². The molecule has 2 aromatic rings. The zero-order chi connectivity index (χ0) is 13.9. The highest BCUT2D eigenvalue weighted by Crippen LogP contribution is 2.36. The van der Waals surface area contributed by atoms with E-state index in [2.05, 4.69) is 0 Å². The van der Waals surface area contributed by atoms with E-state index in [1.54, 1.807) is 6.07 Å². The minimum absolute atomic E-state index is 0.149. The van der Waals surface area contributed by atoms with Gasteiger partial charge in [0.15, 0.2) is 11.5 Å². The molecule has 1 atom stereocenters. The molecule has 3 rings (SSSR count). The van der Waals surface area contributed by atoms with Gasteiger partial charge in [-0.1, -0.05) is 36.4 Å². The maximum Gasteiger partial charge on any atom is 0.231 e. The third-order valence-corrected chi connectivity index (χ3v) is 3.33. The van der Waals surface area contributed by atoms with Gasteiger partial charge in [-0.3, -0.25) is 10.1 Å². The van der Waals surface area contributed by atoms with Crippen LogP contribution in [0.4, 0.5) is 0 Å². The van der Waals surface area contributed by atoms with Crippen molar-refractivity contribution >= 4 is 0 Å². The minimum Gasteiger partial charge on any atom is -0.454 e. The number of nitrogens with zero attached hydrogens (tertiary/aromatic N) is 1. The smallest absolute Gasteiger partial charge is 0.231 e. The van der Waals surface area contributed by atoms with Crippen molar-refractivity contribution in [2.24, 2.45) is 0 Å². The monoisotopic (exact) mass is 271 g/mol. The first-order chi connectivity index (χ1) is 9.74. The highest BCUT2D eigenvalue weighted by atomic mass is 16.7. The van der Waals surface area contributed by atoms with Crippen LogP contribution in [0.25, 0.3) is 0 Å². The van der Waals surface area contributed by atoms with Crippen molar-refractivity contribution < 1.29 is 14.4 Å². The van der Waals surface area contributed by atoms with Crippen LogP contribution in [0.1, 0.15) is 17.0 Å². The Morgan fingerprint density at radius 1 is 1.05 bits per heavy atom. The summed E-state index contributed by atoms with van der Waals surface area (Å²) in [6.45, 7) is 0.0493. The summed E-state index contributed by atoms with van der Waals surface area (Å²) in [5, 5.41) is 10.9. The lowest BCUT2D eigenvalue weighted by molar-refractivity contribution is -0.481. The predicted octanol–water partition coefficient (Wildman–Crippen LogP) is 2.82. The summed E-state index contributed by atoms with van der Waals surface area (Å²) in [4.78, 5) is 10.7. The first-order valence-corrected chi connectivity index (χ1v) is 6.30. The van der Waals surface area contributed by atoms with Crippen LogP contribution in [0.15, 0.2) is 48.5 Å². The fraction of sp³-hybridized carbons (Fsp3) is 0.200.